The van der Waals surface area contributed by atoms with Gasteiger partial charge < -0.3 is 15.2 Å². The molecule has 0 aliphatic rings. The molecule has 0 heterocycles. The molecule has 22 heavy (non-hydrogen) atoms. The standard InChI is InChI=1S/C18H22ClNO2/c1-18(2,13-21)20-11-15-5-3-4-6-17(15)22-12-14-7-9-16(19)10-8-14/h3-10,20-21H,11-13H2,1-2H3/p+1. The van der Waals surface area contributed by atoms with Crippen molar-refractivity contribution < 1.29 is 15.2 Å². The van der Waals surface area contributed by atoms with Crippen LogP contribution in [0.4, 0.5) is 0 Å². The fourth-order valence-corrected chi connectivity index (χ4v) is 2.13. The minimum absolute atomic E-state index is 0.140. The first kappa shape index (κ1) is 16.8. The van der Waals surface area contributed by atoms with Crippen molar-refractivity contribution in [2.45, 2.75) is 32.5 Å². The summed E-state index contributed by atoms with van der Waals surface area (Å²) >= 11 is 5.89. The van der Waals surface area contributed by atoms with Gasteiger partial charge in [-0.25, -0.2) is 0 Å². The predicted octanol–water partition coefficient (Wildman–Crippen LogP) is 2.75. The second kappa shape index (κ2) is 7.63. The van der Waals surface area contributed by atoms with Crippen LogP contribution in [0.15, 0.2) is 48.5 Å². The molecule has 3 nitrogen and oxygen atoms in total. The third-order valence-corrected chi connectivity index (χ3v) is 3.81. The number of benzene rings is 2. The molecule has 0 fully saturated rings. The molecule has 0 aliphatic carbocycles. The Kier molecular flexibility index (Phi) is 5.83. The van der Waals surface area contributed by atoms with Crippen LogP contribution in [0.3, 0.4) is 0 Å². The van der Waals surface area contributed by atoms with Crippen molar-refractivity contribution >= 4 is 11.6 Å². The number of aliphatic hydroxyl groups is 1. The average Bonchev–Trinajstić information content (AvgIpc) is 2.53. The van der Waals surface area contributed by atoms with Crippen molar-refractivity contribution in [2.75, 3.05) is 6.61 Å². The van der Waals surface area contributed by atoms with Gasteiger partial charge in [0.15, 0.2) is 0 Å². The molecule has 0 aliphatic heterocycles. The van der Waals surface area contributed by atoms with E-state index < -0.39 is 0 Å². The van der Waals surface area contributed by atoms with Crippen molar-refractivity contribution in [1.82, 2.24) is 0 Å². The third-order valence-electron chi connectivity index (χ3n) is 3.56. The van der Waals surface area contributed by atoms with Crippen molar-refractivity contribution in [3.8, 4) is 5.75 Å². The molecule has 0 saturated heterocycles. The Hall–Kier alpha value is -1.55. The van der Waals surface area contributed by atoms with Crippen molar-refractivity contribution in [3.63, 3.8) is 0 Å². The molecule has 2 rings (SSSR count). The van der Waals surface area contributed by atoms with Gasteiger partial charge in [0.2, 0.25) is 0 Å². The van der Waals surface area contributed by atoms with Crippen LogP contribution in [0.25, 0.3) is 0 Å². The number of hydrogen-bond acceptors (Lipinski definition) is 2. The Morgan fingerprint density at radius 1 is 1.09 bits per heavy atom. The van der Waals surface area contributed by atoms with Crippen LogP contribution in [0.5, 0.6) is 5.75 Å². The van der Waals surface area contributed by atoms with Crippen LogP contribution in [0.1, 0.15) is 25.0 Å². The SMILES string of the molecule is CC(C)(CO)[NH2+]Cc1ccccc1OCc1ccc(Cl)cc1. The quantitative estimate of drug-likeness (QED) is 0.824. The number of para-hydroxylation sites is 1. The predicted molar refractivity (Wildman–Crippen MR) is 89.0 cm³/mol. The van der Waals surface area contributed by atoms with Gasteiger partial charge in [0.25, 0.3) is 0 Å². The number of quaternary nitrogens is 1. The van der Waals surface area contributed by atoms with Gasteiger partial charge in [-0.3, -0.25) is 0 Å². The molecule has 0 spiro atoms. The third kappa shape index (κ3) is 5.02. The number of ether oxygens (including phenoxy) is 1. The zero-order valence-corrected chi connectivity index (χ0v) is 13.8. The van der Waals surface area contributed by atoms with E-state index in [2.05, 4.69) is 11.4 Å². The van der Waals surface area contributed by atoms with E-state index in [1.807, 2.05) is 56.3 Å². The Morgan fingerprint density at radius 2 is 1.77 bits per heavy atom. The van der Waals surface area contributed by atoms with Crippen LogP contribution in [0, 0.1) is 0 Å². The highest BCUT2D eigenvalue weighted by atomic mass is 35.5. The molecule has 0 radical (unpaired) electrons. The Balaban J connectivity index is 2.00. The fraction of sp³-hybridized carbons (Fsp3) is 0.333. The molecule has 0 bridgehead atoms. The molecule has 0 saturated carbocycles. The van der Waals surface area contributed by atoms with Gasteiger partial charge in [-0.15, -0.1) is 0 Å². The maximum atomic E-state index is 9.34. The summed E-state index contributed by atoms with van der Waals surface area (Å²) in [5.74, 6) is 0.877. The smallest absolute Gasteiger partial charge is 0.128 e. The molecule has 0 amide bonds. The molecular weight excluding hydrogens is 298 g/mol. The highest BCUT2D eigenvalue weighted by molar-refractivity contribution is 6.30. The molecule has 2 aromatic carbocycles. The molecule has 0 aromatic heterocycles. The van der Waals surface area contributed by atoms with Gasteiger partial charge in [0.1, 0.15) is 24.4 Å². The summed E-state index contributed by atoms with van der Waals surface area (Å²) in [7, 11) is 0. The largest absolute Gasteiger partial charge is 0.488 e. The van der Waals surface area contributed by atoms with E-state index >= 15 is 0 Å². The van der Waals surface area contributed by atoms with E-state index in [1.54, 1.807) is 0 Å². The lowest BCUT2D eigenvalue weighted by Gasteiger charge is -2.20. The van der Waals surface area contributed by atoms with Gasteiger partial charge in [-0.05, 0) is 43.7 Å². The van der Waals surface area contributed by atoms with Gasteiger partial charge in [0.05, 0.1) is 6.61 Å². The second-order valence-electron chi connectivity index (χ2n) is 6.08. The number of hydrogen-bond donors (Lipinski definition) is 2. The topological polar surface area (TPSA) is 46.1 Å². The summed E-state index contributed by atoms with van der Waals surface area (Å²) < 4.78 is 5.94. The molecular formula is C18H23ClNO2+. The van der Waals surface area contributed by atoms with Gasteiger partial charge in [0, 0.05) is 10.6 Å². The number of aliphatic hydroxyl groups excluding tert-OH is 1. The summed E-state index contributed by atoms with van der Waals surface area (Å²) in [6.45, 7) is 5.46. The summed E-state index contributed by atoms with van der Waals surface area (Å²) in [5, 5.41) is 12.2. The summed E-state index contributed by atoms with van der Waals surface area (Å²) in [6.07, 6.45) is 0. The summed E-state index contributed by atoms with van der Waals surface area (Å²) in [5.41, 5.74) is 2.01. The Labute approximate surface area is 136 Å². The lowest BCUT2D eigenvalue weighted by Crippen LogP contribution is -2.95. The Bertz CT molecular complexity index is 596. The lowest BCUT2D eigenvalue weighted by atomic mass is 10.1. The zero-order valence-electron chi connectivity index (χ0n) is 13.1. The number of halogens is 1. The maximum Gasteiger partial charge on any atom is 0.128 e. The van der Waals surface area contributed by atoms with Crippen molar-refractivity contribution in [1.29, 1.82) is 0 Å². The van der Waals surface area contributed by atoms with E-state index in [4.69, 9.17) is 16.3 Å². The van der Waals surface area contributed by atoms with E-state index in [-0.39, 0.29) is 12.1 Å². The summed E-state index contributed by atoms with van der Waals surface area (Å²) in [4.78, 5) is 0. The monoisotopic (exact) mass is 320 g/mol. The molecule has 118 valence electrons. The highest BCUT2D eigenvalue weighted by Crippen LogP contribution is 2.19. The van der Waals surface area contributed by atoms with E-state index in [9.17, 15) is 5.11 Å². The Morgan fingerprint density at radius 3 is 2.45 bits per heavy atom. The molecule has 0 unspecified atom stereocenters. The van der Waals surface area contributed by atoms with Gasteiger partial charge in [-0.2, -0.15) is 0 Å². The van der Waals surface area contributed by atoms with Crippen LogP contribution < -0.4 is 10.1 Å². The van der Waals surface area contributed by atoms with Gasteiger partial charge >= 0.3 is 0 Å². The lowest BCUT2D eigenvalue weighted by molar-refractivity contribution is -0.736. The molecule has 0 atom stereocenters. The van der Waals surface area contributed by atoms with Crippen molar-refractivity contribution in [3.05, 3.63) is 64.7 Å². The summed E-state index contributed by atoms with van der Waals surface area (Å²) in [6, 6.07) is 15.7. The molecule has 2 aromatic rings. The normalized spacial score (nSPS) is 11.5. The second-order valence-corrected chi connectivity index (χ2v) is 6.51. The minimum atomic E-state index is -0.191. The van der Waals surface area contributed by atoms with E-state index in [0.29, 0.717) is 6.61 Å². The first-order chi connectivity index (χ1) is 10.5. The van der Waals surface area contributed by atoms with Crippen LogP contribution in [0.2, 0.25) is 5.02 Å². The van der Waals surface area contributed by atoms with Gasteiger partial charge in [-0.1, -0.05) is 35.9 Å². The zero-order chi connectivity index (χ0) is 16.0. The maximum absolute atomic E-state index is 9.34. The fourth-order valence-electron chi connectivity index (χ4n) is 2.01. The number of rotatable bonds is 7. The van der Waals surface area contributed by atoms with E-state index in [1.165, 1.54) is 0 Å². The molecule has 3 N–H and O–H groups in total. The minimum Gasteiger partial charge on any atom is -0.488 e. The first-order valence-electron chi connectivity index (χ1n) is 7.40. The number of nitrogens with two attached hydrogens (primary N) is 1. The van der Waals surface area contributed by atoms with Crippen molar-refractivity contribution in [2.24, 2.45) is 0 Å². The highest BCUT2D eigenvalue weighted by Gasteiger charge is 2.20. The molecule has 4 heteroatoms. The van der Waals surface area contributed by atoms with E-state index in [0.717, 1.165) is 28.4 Å². The van der Waals surface area contributed by atoms with Crippen LogP contribution in [-0.4, -0.2) is 17.3 Å². The van der Waals surface area contributed by atoms with Crippen LogP contribution in [-0.2, 0) is 13.2 Å². The average molecular weight is 321 g/mol. The first-order valence-corrected chi connectivity index (χ1v) is 7.78. The van der Waals surface area contributed by atoms with Crippen LogP contribution >= 0.6 is 11.6 Å².